The summed E-state index contributed by atoms with van der Waals surface area (Å²) in [6.07, 6.45) is 10.7. The molecule has 4 heterocycles. The van der Waals surface area contributed by atoms with Crippen LogP contribution in [0.5, 0.6) is 5.88 Å². The monoisotopic (exact) mass is 463 g/mol. The highest BCUT2D eigenvalue weighted by Gasteiger charge is 2.33. The average Bonchev–Trinajstić information content (AvgIpc) is 3.48. The van der Waals surface area contributed by atoms with Gasteiger partial charge in [-0.05, 0) is 87.9 Å². The number of ether oxygens (including phenoxy) is 1. The lowest BCUT2D eigenvalue weighted by Crippen LogP contribution is -2.36. The first-order valence-corrected chi connectivity index (χ1v) is 12.7. The van der Waals surface area contributed by atoms with Crippen molar-refractivity contribution in [3.63, 3.8) is 0 Å². The Morgan fingerprint density at radius 3 is 2.58 bits per heavy atom. The van der Waals surface area contributed by atoms with Crippen molar-refractivity contribution in [2.45, 2.75) is 69.4 Å². The van der Waals surface area contributed by atoms with Crippen molar-refractivity contribution in [1.82, 2.24) is 24.6 Å². The molecule has 0 spiro atoms. The molecule has 1 aromatic carbocycles. The lowest BCUT2D eigenvalue weighted by molar-refractivity contribution is 0.139. The minimum absolute atomic E-state index is 0.216. The first-order valence-electron chi connectivity index (χ1n) is 12.3. The van der Waals surface area contributed by atoms with Crippen LogP contribution in [0.25, 0.3) is 5.69 Å². The van der Waals surface area contributed by atoms with Gasteiger partial charge >= 0.3 is 0 Å². The lowest BCUT2D eigenvalue weighted by atomic mass is 9.86. The van der Waals surface area contributed by atoms with Gasteiger partial charge < -0.3 is 4.74 Å². The maximum Gasteiger partial charge on any atom is 0.213 e. The van der Waals surface area contributed by atoms with Gasteiger partial charge in [-0.25, -0.2) is 4.98 Å². The third kappa shape index (κ3) is 4.26. The molecule has 1 atom stereocenters. The van der Waals surface area contributed by atoms with E-state index in [1.165, 1.54) is 37.2 Å². The minimum atomic E-state index is 0.216. The summed E-state index contributed by atoms with van der Waals surface area (Å²) >= 11 is 6.44. The van der Waals surface area contributed by atoms with Crippen LogP contribution in [0.15, 0.2) is 42.6 Å². The van der Waals surface area contributed by atoms with Gasteiger partial charge in [-0.3, -0.25) is 9.47 Å². The second-order valence-corrected chi connectivity index (χ2v) is 10.1. The minimum Gasteiger partial charge on any atom is -0.474 e. The number of rotatable bonds is 4. The van der Waals surface area contributed by atoms with Gasteiger partial charge in [0.15, 0.2) is 0 Å². The van der Waals surface area contributed by atoms with Gasteiger partial charge in [0.1, 0.15) is 17.8 Å². The van der Waals surface area contributed by atoms with Gasteiger partial charge in [0.2, 0.25) is 5.88 Å². The molecule has 7 heteroatoms. The Hall–Kier alpha value is -2.44. The predicted molar refractivity (Wildman–Crippen MR) is 128 cm³/mol. The molecule has 6 nitrogen and oxygen atoms in total. The second-order valence-electron chi connectivity index (χ2n) is 9.65. The van der Waals surface area contributed by atoms with Crippen molar-refractivity contribution in [2.24, 2.45) is 0 Å². The molecule has 2 aromatic heterocycles. The number of pyridine rings is 1. The second kappa shape index (κ2) is 9.07. The molecule has 0 amide bonds. The van der Waals surface area contributed by atoms with Gasteiger partial charge in [0, 0.05) is 35.7 Å². The van der Waals surface area contributed by atoms with Gasteiger partial charge in [0.25, 0.3) is 0 Å². The summed E-state index contributed by atoms with van der Waals surface area (Å²) in [5.41, 5.74) is 2.52. The average molecular weight is 464 g/mol. The number of nitrogens with zero attached hydrogens (tertiary/aromatic N) is 5. The molecule has 1 saturated heterocycles. The smallest absolute Gasteiger partial charge is 0.213 e. The Balaban J connectivity index is 1.26. The summed E-state index contributed by atoms with van der Waals surface area (Å²) in [6.45, 7) is 2.36. The van der Waals surface area contributed by atoms with Crippen LogP contribution < -0.4 is 4.74 Å². The predicted octanol–water partition coefficient (Wildman–Crippen LogP) is 4.98. The van der Waals surface area contributed by atoms with Crippen molar-refractivity contribution >= 4 is 11.6 Å². The molecule has 0 radical (unpaired) electrons. The van der Waals surface area contributed by atoms with E-state index in [0.717, 1.165) is 61.1 Å². The Morgan fingerprint density at radius 2 is 1.79 bits per heavy atom. The van der Waals surface area contributed by atoms with E-state index in [0.29, 0.717) is 12.0 Å². The summed E-state index contributed by atoms with van der Waals surface area (Å²) in [5.74, 6) is 3.31. The van der Waals surface area contributed by atoms with Crippen LogP contribution in [0.3, 0.4) is 0 Å². The van der Waals surface area contributed by atoms with E-state index in [1.807, 2.05) is 24.3 Å². The summed E-state index contributed by atoms with van der Waals surface area (Å²) in [7, 11) is 0. The van der Waals surface area contributed by atoms with Crippen molar-refractivity contribution in [1.29, 1.82) is 0 Å². The highest BCUT2D eigenvalue weighted by Crippen LogP contribution is 2.37. The Bertz CT molecular complexity index is 1100. The molecule has 1 aliphatic carbocycles. The van der Waals surface area contributed by atoms with Crippen molar-refractivity contribution in [3.8, 4) is 11.6 Å². The lowest BCUT2D eigenvalue weighted by Gasteiger charge is -2.28. The Morgan fingerprint density at radius 1 is 0.939 bits per heavy atom. The third-order valence-corrected chi connectivity index (χ3v) is 7.77. The fourth-order valence-electron chi connectivity index (χ4n) is 5.85. The van der Waals surface area contributed by atoms with Gasteiger partial charge in [0.05, 0.1) is 5.69 Å². The molecule has 3 aromatic rings. The zero-order valence-electron chi connectivity index (χ0n) is 18.9. The zero-order chi connectivity index (χ0) is 22.2. The van der Waals surface area contributed by atoms with Crippen LogP contribution >= 0.6 is 11.6 Å². The fourth-order valence-corrected chi connectivity index (χ4v) is 6.05. The van der Waals surface area contributed by atoms with E-state index in [9.17, 15) is 0 Å². The first kappa shape index (κ1) is 21.1. The van der Waals surface area contributed by atoms with E-state index < -0.39 is 0 Å². The van der Waals surface area contributed by atoms with Crippen molar-refractivity contribution < 1.29 is 4.74 Å². The molecule has 3 aliphatic rings. The molecule has 1 saturated carbocycles. The number of halogens is 1. The molecule has 33 heavy (non-hydrogen) atoms. The molecule has 2 fully saturated rings. The molecule has 0 bridgehead atoms. The first-order chi connectivity index (χ1) is 16.2. The summed E-state index contributed by atoms with van der Waals surface area (Å²) in [5, 5.41) is 10.3. The molecular weight excluding hydrogens is 434 g/mol. The van der Waals surface area contributed by atoms with Crippen LogP contribution in [0, 0.1) is 0 Å². The molecule has 0 unspecified atom stereocenters. The van der Waals surface area contributed by atoms with Crippen molar-refractivity contribution in [3.05, 3.63) is 64.8 Å². The number of hydrogen-bond acceptors (Lipinski definition) is 5. The Labute approximate surface area is 199 Å². The fraction of sp³-hybridized carbons (Fsp3) is 0.500. The number of aromatic nitrogens is 4. The Kier molecular flexibility index (Phi) is 5.80. The number of benzene rings is 1. The highest BCUT2D eigenvalue weighted by molar-refractivity contribution is 6.30. The number of likely N-dealkylation sites (tertiary alicyclic amines) is 1. The van der Waals surface area contributed by atoms with E-state index in [-0.39, 0.29) is 6.10 Å². The highest BCUT2D eigenvalue weighted by atomic mass is 35.5. The van der Waals surface area contributed by atoms with Gasteiger partial charge in [-0.2, -0.15) is 0 Å². The van der Waals surface area contributed by atoms with Crippen LogP contribution in [0.1, 0.15) is 61.7 Å². The van der Waals surface area contributed by atoms with Crippen LogP contribution in [-0.2, 0) is 12.8 Å². The molecular formula is C26H30ClN5O. The summed E-state index contributed by atoms with van der Waals surface area (Å²) < 4.78 is 8.47. The standard InChI is InChI=1S/C26H30ClN5O/c27-20-8-11-23-19(15-20)16-21(31-13-3-4-14-31)17-24-29-30-26(32(23)24)18-6-9-22(10-7-18)33-25-5-1-2-12-28-25/h1-2,5,8,11-12,15,18,21-22H,3-4,6-7,9-10,13-14,16-17H2/t18-,21-,22-/m1/s1. The van der Waals surface area contributed by atoms with E-state index in [4.69, 9.17) is 26.5 Å². The normalized spacial score (nSPS) is 25.3. The molecule has 172 valence electrons. The summed E-state index contributed by atoms with van der Waals surface area (Å²) in [4.78, 5) is 6.95. The van der Waals surface area contributed by atoms with Gasteiger partial charge in [-0.15, -0.1) is 10.2 Å². The maximum atomic E-state index is 6.44. The van der Waals surface area contributed by atoms with E-state index in [1.54, 1.807) is 6.20 Å². The number of fused-ring (bicyclic) bond motifs is 3. The van der Waals surface area contributed by atoms with Gasteiger partial charge in [-0.1, -0.05) is 17.7 Å². The van der Waals surface area contributed by atoms with Crippen LogP contribution in [0.2, 0.25) is 5.02 Å². The largest absolute Gasteiger partial charge is 0.474 e. The topological polar surface area (TPSA) is 56.1 Å². The molecule has 2 aliphatic heterocycles. The van der Waals surface area contributed by atoms with Crippen LogP contribution in [-0.4, -0.2) is 49.9 Å². The molecule has 6 rings (SSSR count). The van der Waals surface area contributed by atoms with Crippen molar-refractivity contribution in [2.75, 3.05) is 13.1 Å². The third-order valence-electron chi connectivity index (χ3n) is 7.53. The number of hydrogen-bond donors (Lipinski definition) is 0. The maximum absolute atomic E-state index is 6.44. The summed E-state index contributed by atoms with van der Waals surface area (Å²) in [6, 6.07) is 12.6. The van der Waals surface area contributed by atoms with E-state index in [2.05, 4.69) is 26.6 Å². The zero-order valence-corrected chi connectivity index (χ0v) is 19.6. The SMILES string of the molecule is Clc1ccc2c(c1)C[C@@H](N1CCCC1)Cc1nnc([C@H]3CC[C@H](Oc4ccccn4)CC3)n1-2. The van der Waals surface area contributed by atoms with Crippen LogP contribution in [0.4, 0.5) is 0 Å². The molecule has 0 N–H and O–H groups in total. The quantitative estimate of drug-likeness (QED) is 0.546. The van der Waals surface area contributed by atoms with E-state index >= 15 is 0 Å².